The van der Waals surface area contributed by atoms with Crippen molar-refractivity contribution in [2.24, 2.45) is 0 Å². The van der Waals surface area contributed by atoms with Gasteiger partial charge in [0.25, 0.3) is 0 Å². The smallest absolute Gasteiger partial charge is 0.353 e. The largest absolute Gasteiger partial charge is 0.478 e. The van der Waals surface area contributed by atoms with E-state index in [4.69, 9.17) is 4.74 Å². The Morgan fingerprint density at radius 2 is 1.73 bits per heavy atom. The summed E-state index contributed by atoms with van der Waals surface area (Å²) in [5.74, 6) is -0.294. The molecule has 114 valence electrons. The molecule has 0 amide bonds. The molecule has 3 heteroatoms. The van der Waals surface area contributed by atoms with Gasteiger partial charge in [0.05, 0.1) is 0 Å². The van der Waals surface area contributed by atoms with Crippen molar-refractivity contribution in [1.82, 2.24) is 0 Å². The Hall–Kier alpha value is -2.29. The highest BCUT2D eigenvalue weighted by Crippen LogP contribution is 2.42. The molecule has 0 bridgehead atoms. The minimum atomic E-state index is -1.32. The average Bonchev–Trinajstić information content (AvgIpc) is 2.87. The molecule has 1 aliphatic rings. The van der Waals surface area contributed by atoms with Gasteiger partial charge in [0.15, 0.2) is 0 Å². The Morgan fingerprint density at radius 3 is 2.27 bits per heavy atom. The Balaban J connectivity index is 2.02. The minimum absolute atomic E-state index is 0.0361. The molecule has 1 N–H and O–H groups in total. The highest BCUT2D eigenvalue weighted by molar-refractivity contribution is 5.82. The molecule has 3 nitrogen and oxygen atoms in total. The van der Waals surface area contributed by atoms with Gasteiger partial charge in [-0.2, -0.15) is 0 Å². The molecule has 0 saturated heterocycles. The predicted octanol–water partition coefficient (Wildman–Crippen LogP) is 3.90. The van der Waals surface area contributed by atoms with Crippen LogP contribution in [0.2, 0.25) is 0 Å². The minimum Gasteiger partial charge on any atom is -0.478 e. The van der Waals surface area contributed by atoms with Crippen LogP contribution in [0, 0.1) is 0 Å². The van der Waals surface area contributed by atoms with Gasteiger partial charge >= 0.3 is 5.97 Å². The number of hydrogen-bond acceptors (Lipinski definition) is 2. The van der Waals surface area contributed by atoms with E-state index in [-0.39, 0.29) is 5.41 Å². The predicted molar refractivity (Wildman–Crippen MR) is 85.2 cm³/mol. The summed E-state index contributed by atoms with van der Waals surface area (Å²) in [6.07, 6.45) is 0.355. The lowest BCUT2D eigenvalue weighted by molar-refractivity contribution is -0.154. The molecule has 1 aliphatic heterocycles. The molecule has 3 rings (SSSR count). The summed E-state index contributed by atoms with van der Waals surface area (Å²) in [4.78, 5) is 11.9. The van der Waals surface area contributed by atoms with Crippen LogP contribution in [0.1, 0.15) is 37.5 Å². The monoisotopic (exact) mass is 296 g/mol. The molecule has 22 heavy (non-hydrogen) atoms. The lowest BCUT2D eigenvalue weighted by atomic mass is 9.83. The molecule has 0 saturated carbocycles. The van der Waals surface area contributed by atoms with Gasteiger partial charge in [-0.15, -0.1) is 0 Å². The first-order chi connectivity index (χ1) is 10.3. The number of ether oxygens (including phenoxy) is 1. The summed E-state index contributed by atoms with van der Waals surface area (Å²) in [6.45, 7) is 6.41. The summed E-state index contributed by atoms with van der Waals surface area (Å²) < 4.78 is 5.87. The molecule has 0 aromatic heterocycles. The van der Waals surface area contributed by atoms with Gasteiger partial charge in [0.1, 0.15) is 5.75 Å². The number of carbonyl (C=O) groups is 1. The zero-order valence-electron chi connectivity index (χ0n) is 13.1. The van der Waals surface area contributed by atoms with E-state index in [0.29, 0.717) is 17.7 Å². The third-order valence-corrected chi connectivity index (χ3v) is 4.26. The SMILES string of the molecule is CC(C)(C)c1ccc(C2(C(=O)O)Cc3ccccc3O2)cc1. The number of hydrogen-bond donors (Lipinski definition) is 1. The fourth-order valence-electron chi connectivity index (χ4n) is 2.88. The molecule has 0 aliphatic carbocycles. The topological polar surface area (TPSA) is 46.5 Å². The van der Waals surface area contributed by atoms with Crippen molar-refractivity contribution < 1.29 is 14.6 Å². The van der Waals surface area contributed by atoms with Crippen LogP contribution >= 0.6 is 0 Å². The van der Waals surface area contributed by atoms with Crippen LogP contribution in [-0.2, 0) is 22.2 Å². The Kier molecular flexibility index (Phi) is 3.24. The Labute approximate surface area is 130 Å². The summed E-state index contributed by atoms with van der Waals surface area (Å²) >= 11 is 0. The van der Waals surface area contributed by atoms with Crippen LogP contribution in [0.4, 0.5) is 0 Å². The molecule has 0 spiro atoms. The molecule has 1 atom stereocenters. The molecule has 2 aromatic carbocycles. The number of fused-ring (bicyclic) bond motifs is 1. The zero-order valence-corrected chi connectivity index (χ0v) is 13.1. The number of carboxylic acids is 1. The molecular formula is C19H20O3. The van der Waals surface area contributed by atoms with Gasteiger partial charge in [-0.1, -0.05) is 63.2 Å². The number of para-hydroxylation sites is 1. The van der Waals surface area contributed by atoms with Crippen molar-refractivity contribution >= 4 is 5.97 Å². The van der Waals surface area contributed by atoms with Crippen LogP contribution in [0.25, 0.3) is 0 Å². The maximum Gasteiger partial charge on any atom is 0.353 e. The zero-order chi connectivity index (χ0) is 16.0. The first-order valence-corrected chi connectivity index (χ1v) is 7.44. The standard InChI is InChI=1S/C19H20O3/c1-18(2,3)14-8-10-15(11-9-14)19(17(20)21)12-13-6-4-5-7-16(13)22-19/h4-11H,12H2,1-3H3,(H,20,21). The second-order valence-corrected chi connectivity index (χ2v) is 6.85. The molecule has 0 radical (unpaired) electrons. The highest BCUT2D eigenvalue weighted by atomic mass is 16.5. The quantitative estimate of drug-likeness (QED) is 0.914. The second-order valence-electron chi connectivity index (χ2n) is 6.85. The number of rotatable bonds is 2. The highest BCUT2D eigenvalue weighted by Gasteiger charge is 2.48. The van der Waals surface area contributed by atoms with E-state index < -0.39 is 11.6 Å². The normalized spacial score (nSPS) is 20.3. The van der Waals surface area contributed by atoms with E-state index in [0.717, 1.165) is 5.56 Å². The maximum atomic E-state index is 11.9. The molecule has 1 heterocycles. The molecular weight excluding hydrogens is 276 g/mol. The van der Waals surface area contributed by atoms with E-state index >= 15 is 0 Å². The van der Waals surface area contributed by atoms with Gasteiger partial charge in [0, 0.05) is 12.0 Å². The number of carboxylic acid groups (broad SMARTS) is 1. The lowest BCUT2D eigenvalue weighted by Crippen LogP contribution is -2.40. The summed E-state index contributed by atoms with van der Waals surface area (Å²) in [6, 6.07) is 15.2. The van der Waals surface area contributed by atoms with Crippen LogP contribution in [0.15, 0.2) is 48.5 Å². The van der Waals surface area contributed by atoms with Crippen LogP contribution in [-0.4, -0.2) is 11.1 Å². The molecule has 1 unspecified atom stereocenters. The van der Waals surface area contributed by atoms with Gasteiger partial charge < -0.3 is 9.84 Å². The fraction of sp³-hybridized carbons (Fsp3) is 0.316. The fourth-order valence-corrected chi connectivity index (χ4v) is 2.88. The summed E-state index contributed by atoms with van der Waals surface area (Å²) in [7, 11) is 0. The Morgan fingerprint density at radius 1 is 1.09 bits per heavy atom. The maximum absolute atomic E-state index is 11.9. The average molecular weight is 296 g/mol. The van der Waals surface area contributed by atoms with Gasteiger partial charge in [-0.25, -0.2) is 4.79 Å². The summed E-state index contributed by atoms with van der Waals surface area (Å²) in [5, 5.41) is 9.79. The number of benzene rings is 2. The Bertz CT molecular complexity index is 683. The third-order valence-electron chi connectivity index (χ3n) is 4.26. The van der Waals surface area contributed by atoms with E-state index in [1.165, 1.54) is 5.56 Å². The first-order valence-electron chi connectivity index (χ1n) is 7.44. The van der Waals surface area contributed by atoms with Crippen LogP contribution in [0.5, 0.6) is 5.75 Å². The van der Waals surface area contributed by atoms with Crippen molar-refractivity contribution in [3.8, 4) is 5.75 Å². The van der Waals surface area contributed by atoms with Crippen molar-refractivity contribution in [1.29, 1.82) is 0 Å². The van der Waals surface area contributed by atoms with E-state index in [2.05, 4.69) is 20.8 Å². The van der Waals surface area contributed by atoms with Crippen molar-refractivity contribution in [2.75, 3.05) is 0 Å². The van der Waals surface area contributed by atoms with Crippen LogP contribution in [0.3, 0.4) is 0 Å². The van der Waals surface area contributed by atoms with Crippen LogP contribution < -0.4 is 4.74 Å². The van der Waals surface area contributed by atoms with Gasteiger partial charge in [0.2, 0.25) is 5.60 Å². The second kappa shape index (κ2) is 4.87. The lowest BCUT2D eigenvalue weighted by Gasteiger charge is -2.26. The van der Waals surface area contributed by atoms with E-state index in [9.17, 15) is 9.90 Å². The van der Waals surface area contributed by atoms with E-state index in [1.807, 2.05) is 48.5 Å². The first kappa shape index (κ1) is 14.6. The molecule has 2 aromatic rings. The van der Waals surface area contributed by atoms with Crippen molar-refractivity contribution in [3.05, 3.63) is 65.2 Å². The molecule has 0 fully saturated rings. The van der Waals surface area contributed by atoms with Crippen molar-refractivity contribution in [3.63, 3.8) is 0 Å². The van der Waals surface area contributed by atoms with Gasteiger partial charge in [-0.05, 0) is 22.6 Å². The van der Waals surface area contributed by atoms with E-state index in [1.54, 1.807) is 0 Å². The third kappa shape index (κ3) is 2.27. The van der Waals surface area contributed by atoms with Crippen molar-refractivity contribution in [2.45, 2.75) is 38.2 Å². The van der Waals surface area contributed by atoms with Gasteiger partial charge in [-0.3, -0.25) is 0 Å². The number of aliphatic carboxylic acids is 1. The summed E-state index contributed by atoms with van der Waals surface area (Å²) in [5.41, 5.74) is 1.51.